The number of pyridine rings is 1. The number of rotatable bonds is 7. The molecule has 0 fully saturated rings. The van der Waals surface area contributed by atoms with Gasteiger partial charge in [0.25, 0.3) is 0 Å². The summed E-state index contributed by atoms with van der Waals surface area (Å²) in [7, 11) is 3.81. The fourth-order valence-electron chi connectivity index (χ4n) is 4.99. The lowest BCUT2D eigenvalue weighted by molar-refractivity contribution is -0.686. The van der Waals surface area contributed by atoms with E-state index in [0.717, 1.165) is 59.7 Å². The molecule has 6 nitrogen and oxygen atoms in total. The molecule has 4 aromatic rings. The maximum absolute atomic E-state index is 6.35. The van der Waals surface area contributed by atoms with Gasteiger partial charge in [-0.1, -0.05) is 18.2 Å². The first-order chi connectivity index (χ1) is 17.2. The van der Waals surface area contributed by atoms with Crippen LogP contribution >= 0.6 is 0 Å². The highest BCUT2D eigenvalue weighted by Crippen LogP contribution is 2.41. The van der Waals surface area contributed by atoms with Crippen molar-refractivity contribution in [3.63, 3.8) is 0 Å². The topological polar surface area (TPSA) is 44.0 Å². The molecule has 186 valence electrons. The highest BCUT2D eigenvalue weighted by Gasteiger charge is 2.28. The van der Waals surface area contributed by atoms with Gasteiger partial charge in [0.05, 0.1) is 24.7 Å². The fourth-order valence-corrected chi connectivity index (χ4v) is 4.99. The lowest BCUT2D eigenvalue weighted by Gasteiger charge is -2.20. The van der Waals surface area contributed by atoms with E-state index < -0.39 is 0 Å². The number of ether oxygens (including phenoxy) is 4. The van der Waals surface area contributed by atoms with Gasteiger partial charge in [-0.15, -0.1) is 0 Å². The number of anilines is 1. The Morgan fingerprint density at radius 3 is 2.61 bits per heavy atom. The summed E-state index contributed by atoms with van der Waals surface area (Å²) in [5, 5.41) is 2.19. The molecule has 3 heterocycles. The van der Waals surface area contributed by atoms with Crippen molar-refractivity contribution in [3.05, 3.63) is 72.4 Å². The minimum absolute atomic E-state index is 0. The molecule has 0 bridgehead atoms. The van der Waals surface area contributed by atoms with Crippen LogP contribution in [0.1, 0.15) is 12.0 Å². The number of nitrogens with zero attached hydrogens (tertiary/aromatic N) is 2. The molecular formula is C29H29BrN2O4. The highest BCUT2D eigenvalue weighted by molar-refractivity contribution is 5.91. The van der Waals surface area contributed by atoms with Gasteiger partial charge in [-0.2, -0.15) is 4.57 Å². The predicted octanol–water partition coefficient (Wildman–Crippen LogP) is 2.00. The maximum Gasteiger partial charge on any atom is 0.231 e. The van der Waals surface area contributed by atoms with Gasteiger partial charge in [0.2, 0.25) is 12.5 Å². The zero-order valence-electron chi connectivity index (χ0n) is 20.5. The SMILES string of the molecule is COc1ccc2cc3[n+](cc2c1OCCCN(C)c1ccccc1)CCc1cc2c(cc1-3)OCO2.[Br-]. The van der Waals surface area contributed by atoms with E-state index >= 15 is 0 Å². The predicted molar refractivity (Wildman–Crippen MR) is 136 cm³/mol. The van der Waals surface area contributed by atoms with Crippen LogP contribution in [-0.2, 0) is 13.0 Å². The number of aryl methyl sites for hydroxylation is 2. The molecule has 0 atom stereocenters. The largest absolute Gasteiger partial charge is 1.00 e. The second-order valence-corrected chi connectivity index (χ2v) is 9.02. The zero-order chi connectivity index (χ0) is 23.8. The summed E-state index contributed by atoms with van der Waals surface area (Å²) in [5.41, 5.74) is 4.88. The van der Waals surface area contributed by atoms with Crippen molar-refractivity contribution in [2.24, 2.45) is 0 Å². The molecule has 0 radical (unpaired) electrons. The average molecular weight is 549 g/mol. The minimum atomic E-state index is 0. The molecule has 7 heteroatoms. The van der Waals surface area contributed by atoms with Gasteiger partial charge in [-0.05, 0) is 53.8 Å². The molecule has 0 saturated carbocycles. The number of aromatic nitrogens is 1. The number of para-hydroxylation sites is 1. The smallest absolute Gasteiger partial charge is 0.231 e. The third kappa shape index (κ3) is 4.44. The van der Waals surface area contributed by atoms with Crippen LogP contribution in [0.3, 0.4) is 0 Å². The summed E-state index contributed by atoms with van der Waals surface area (Å²) in [4.78, 5) is 2.25. The second kappa shape index (κ2) is 10.3. The van der Waals surface area contributed by atoms with Gasteiger partial charge in [-0.3, -0.25) is 0 Å². The number of hydrogen-bond acceptors (Lipinski definition) is 5. The van der Waals surface area contributed by atoms with Gasteiger partial charge in [0.1, 0.15) is 0 Å². The van der Waals surface area contributed by atoms with Crippen molar-refractivity contribution in [1.29, 1.82) is 0 Å². The Balaban J connectivity index is 0.00000267. The van der Waals surface area contributed by atoms with E-state index in [1.54, 1.807) is 7.11 Å². The Labute approximate surface area is 221 Å². The molecule has 0 saturated heterocycles. The van der Waals surface area contributed by atoms with Crippen molar-refractivity contribution in [1.82, 2.24) is 0 Å². The summed E-state index contributed by atoms with van der Waals surface area (Å²) in [6.07, 6.45) is 4.05. The Kier molecular flexibility index (Phi) is 6.92. The molecule has 1 aromatic heterocycles. The molecule has 2 aliphatic heterocycles. The molecule has 0 amide bonds. The highest BCUT2D eigenvalue weighted by atomic mass is 79.9. The first kappa shape index (κ1) is 24.3. The van der Waals surface area contributed by atoms with E-state index in [0.29, 0.717) is 6.61 Å². The van der Waals surface area contributed by atoms with Crippen molar-refractivity contribution in [3.8, 4) is 34.3 Å². The zero-order valence-corrected chi connectivity index (χ0v) is 22.1. The minimum Gasteiger partial charge on any atom is -1.00 e. The van der Waals surface area contributed by atoms with Gasteiger partial charge in [0, 0.05) is 31.8 Å². The van der Waals surface area contributed by atoms with E-state index in [1.165, 1.54) is 22.5 Å². The lowest BCUT2D eigenvalue weighted by Crippen LogP contribution is -3.00. The summed E-state index contributed by atoms with van der Waals surface area (Å²) in [6, 6.07) is 21.0. The van der Waals surface area contributed by atoms with Gasteiger partial charge in [0.15, 0.2) is 35.7 Å². The molecule has 0 aliphatic carbocycles. The van der Waals surface area contributed by atoms with Crippen LogP contribution in [0.15, 0.2) is 66.9 Å². The normalized spacial score (nSPS) is 12.9. The summed E-state index contributed by atoms with van der Waals surface area (Å²) >= 11 is 0. The maximum atomic E-state index is 6.35. The van der Waals surface area contributed by atoms with Crippen LogP contribution in [0, 0.1) is 0 Å². The van der Waals surface area contributed by atoms with Crippen molar-refractivity contribution >= 4 is 16.5 Å². The monoisotopic (exact) mass is 548 g/mol. The Hall–Kier alpha value is -3.45. The lowest BCUT2D eigenvalue weighted by atomic mass is 9.95. The Morgan fingerprint density at radius 1 is 1.00 bits per heavy atom. The van der Waals surface area contributed by atoms with Crippen molar-refractivity contribution in [2.45, 2.75) is 19.4 Å². The Morgan fingerprint density at radius 2 is 1.81 bits per heavy atom. The number of benzene rings is 3. The van der Waals surface area contributed by atoms with E-state index in [2.05, 4.69) is 71.2 Å². The van der Waals surface area contributed by atoms with Crippen molar-refractivity contribution < 1.29 is 40.5 Å². The van der Waals surface area contributed by atoms with Gasteiger partial charge < -0.3 is 40.8 Å². The van der Waals surface area contributed by atoms with E-state index in [4.69, 9.17) is 18.9 Å². The van der Waals surface area contributed by atoms with E-state index in [9.17, 15) is 0 Å². The number of halogens is 1. The molecule has 0 unspecified atom stereocenters. The quantitative estimate of drug-likeness (QED) is 0.261. The summed E-state index contributed by atoms with van der Waals surface area (Å²) in [5.74, 6) is 3.22. The van der Waals surface area contributed by atoms with Crippen LogP contribution in [0.4, 0.5) is 5.69 Å². The number of methoxy groups -OCH3 is 1. The molecular weight excluding hydrogens is 520 g/mol. The molecule has 6 rings (SSSR count). The molecule has 0 N–H and O–H groups in total. The first-order valence-corrected chi connectivity index (χ1v) is 12.1. The average Bonchev–Trinajstić information content (AvgIpc) is 3.36. The number of fused-ring (bicyclic) bond motifs is 5. The summed E-state index contributed by atoms with van der Waals surface area (Å²) in [6.45, 7) is 2.71. The van der Waals surface area contributed by atoms with E-state index in [1.807, 2.05) is 12.1 Å². The number of hydrogen-bond donors (Lipinski definition) is 0. The van der Waals surface area contributed by atoms with Crippen LogP contribution in [0.2, 0.25) is 0 Å². The first-order valence-electron chi connectivity index (χ1n) is 12.1. The standard InChI is InChI=1S/C29H29N2O4.BrH/c1-30(22-7-4-3-5-8-22)12-6-14-33-29-24-18-31-13-11-21-16-27-28(35-19-34-27)17-23(21)25(31)15-20(24)9-10-26(29)32-2;/h3-5,7-10,15-18H,6,11-14,19H2,1-2H3;1H/q+1;/p-1. The summed E-state index contributed by atoms with van der Waals surface area (Å²) < 4.78 is 25.6. The van der Waals surface area contributed by atoms with Gasteiger partial charge >= 0.3 is 0 Å². The van der Waals surface area contributed by atoms with E-state index in [-0.39, 0.29) is 23.8 Å². The molecule has 0 spiro atoms. The molecule has 2 aliphatic rings. The second-order valence-electron chi connectivity index (χ2n) is 9.02. The third-order valence-electron chi connectivity index (χ3n) is 6.88. The van der Waals surface area contributed by atoms with Crippen LogP contribution in [0.25, 0.3) is 22.0 Å². The fraction of sp³-hybridized carbons (Fsp3) is 0.276. The van der Waals surface area contributed by atoms with Crippen LogP contribution in [0.5, 0.6) is 23.0 Å². The van der Waals surface area contributed by atoms with Crippen LogP contribution in [-0.4, -0.2) is 34.1 Å². The molecule has 36 heavy (non-hydrogen) atoms. The Bertz CT molecular complexity index is 1390. The van der Waals surface area contributed by atoms with Crippen LogP contribution < -0.4 is 45.4 Å². The third-order valence-corrected chi connectivity index (χ3v) is 6.88. The van der Waals surface area contributed by atoms with Crippen molar-refractivity contribution in [2.75, 3.05) is 39.0 Å². The molecule has 3 aromatic carbocycles. The van der Waals surface area contributed by atoms with Gasteiger partial charge in [-0.25, -0.2) is 0 Å².